The third-order valence-electron chi connectivity index (χ3n) is 4.86. The summed E-state index contributed by atoms with van der Waals surface area (Å²) in [7, 11) is 0. The van der Waals surface area contributed by atoms with Gasteiger partial charge in [0, 0.05) is 24.5 Å². The molecular formula is C20H29N5O. The van der Waals surface area contributed by atoms with E-state index >= 15 is 0 Å². The van der Waals surface area contributed by atoms with Crippen LogP contribution >= 0.6 is 0 Å². The quantitative estimate of drug-likeness (QED) is 0.700. The molecule has 0 spiro atoms. The molecule has 1 unspecified atom stereocenters. The van der Waals surface area contributed by atoms with Crippen molar-refractivity contribution in [2.24, 2.45) is 0 Å². The van der Waals surface area contributed by atoms with Gasteiger partial charge in [0.05, 0.1) is 17.4 Å². The van der Waals surface area contributed by atoms with Crippen LogP contribution in [0.1, 0.15) is 52.4 Å². The minimum Gasteiger partial charge on any atom is -0.393 e. The molecule has 2 heterocycles. The molecule has 26 heavy (non-hydrogen) atoms. The monoisotopic (exact) mass is 355 g/mol. The fourth-order valence-corrected chi connectivity index (χ4v) is 3.41. The number of aromatic nitrogens is 3. The van der Waals surface area contributed by atoms with Gasteiger partial charge in [0.15, 0.2) is 0 Å². The minimum atomic E-state index is -0.166. The summed E-state index contributed by atoms with van der Waals surface area (Å²) in [6.45, 7) is 4.32. The highest BCUT2D eigenvalue weighted by Gasteiger charge is 2.21. The smallest absolute Gasteiger partial charge is 0.224 e. The van der Waals surface area contributed by atoms with Gasteiger partial charge in [-0.3, -0.25) is 4.98 Å². The third-order valence-corrected chi connectivity index (χ3v) is 4.86. The number of rotatable bonds is 7. The summed E-state index contributed by atoms with van der Waals surface area (Å²) in [5.74, 6) is 1.45. The van der Waals surface area contributed by atoms with Crippen molar-refractivity contribution in [2.45, 2.75) is 70.6 Å². The standard InChI is InChI=1S/C20H29N5O/c1-3-6-14(2)23-20-22-13-17(18-7-4-5-12-21-18)19(25-20)24-15-8-10-16(26)11-9-15/h4-5,7,12-16,26H,3,6,8-11H2,1-2H3,(H2,22,23,24,25). The zero-order valence-corrected chi connectivity index (χ0v) is 15.7. The third kappa shape index (κ3) is 4.91. The second-order valence-electron chi connectivity index (χ2n) is 7.15. The predicted octanol–water partition coefficient (Wildman–Crippen LogP) is 3.85. The highest BCUT2D eigenvalue weighted by Crippen LogP contribution is 2.28. The summed E-state index contributed by atoms with van der Waals surface area (Å²) in [6.07, 6.45) is 9.22. The summed E-state index contributed by atoms with van der Waals surface area (Å²) in [6, 6.07) is 6.50. The summed E-state index contributed by atoms with van der Waals surface area (Å²) in [5, 5.41) is 16.7. The molecule has 1 atom stereocenters. The SMILES string of the molecule is CCCC(C)Nc1ncc(-c2ccccn2)c(NC2CCC(O)CC2)n1. The molecule has 0 aromatic carbocycles. The average Bonchev–Trinajstić information content (AvgIpc) is 2.65. The van der Waals surface area contributed by atoms with Crippen LogP contribution in [0, 0.1) is 0 Å². The Morgan fingerprint density at radius 3 is 2.69 bits per heavy atom. The van der Waals surface area contributed by atoms with Gasteiger partial charge >= 0.3 is 0 Å². The molecule has 3 N–H and O–H groups in total. The number of anilines is 2. The lowest BCUT2D eigenvalue weighted by molar-refractivity contribution is 0.126. The van der Waals surface area contributed by atoms with E-state index in [1.165, 1.54) is 0 Å². The van der Waals surface area contributed by atoms with Gasteiger partial charge < -0.3 is 15.7 Å². The van der Waals surface area contributed by atoms with Crippen LogP contribution in [0.3, 0.4) is 0 Å². The van der Waals surface area contributed by atoms with Gasteiger partial charge in [-0.1, -0.05) is 19.4 Å². The maximum Gasteiger partial charge on any atom is 0.224 e. The number of aliphatic hydroxyl groups excluding tert-OH is 1. The van der Waals surface area contributed by atoms with E-state index in [0.29, 0.717) is 18.0 Å². The Hall–Kier alpha value is -2.21. The fraction of sp³-hybridized carbons (Fsp3) is 0.550. The lowest BCUT2D eigenvalue weighted by Crippen LogP contribution is -2.29. The van der Waals surface area contributed by atoms with E-state index in [4.69, 9.17) is 4.98 Å². The Bertz CT molecular complexity index is 686. The molecule has 0 amide bonds. The molecule has 0 radical (unpaired) electrons. The van der Waals surface area contributed by atoms with Gasteiger partial charge in [-0.15, -0.1) is 0 Å². The van der Waals surface area contributed by atoms with Gasteiger partial charge in [-0.25, -0.2) is 4.98 Å². The van der Waals surface area contributed by atoms with Gasteiger partial charge in [0.1, 0.15) is 5.82 Å². The van der Waals surface area contributed by atoms with E-state index in [9.17, 15) is 5.11 Å². The van der Waals surface area contributed by atoms with Crippen LogP contribution in [-0.2, 0) is 0 Å². The zero-order chi connectivity index (χ0) is 18.4. The van der Waals surface area contributed by atoms with Crippen LogP contribution in [0.4, 0.5) is 11.8 Å². The van der Waals surface area contributed by atoms with Crippen LogP contribution in [0.5, 0.6) is 0 Å². The molecule has 0 saturated heterocycles. The minimum absolute atomic E-state index is 0.166. The van der Waals surface area contributed by atoms with Crippen molar-refractivity contribution in [3.05, 3.63) is 30.6 Å². The van der Waals surface area contributed by atoms with Crippen LogP contribution in [0.2, 0.25) is 0 Å². The van der Waals surface area contributed by atoms with Gasteiger partial charge in [-0.2, -0.15) is 4.98 Å². The van der Waals surface area contributed by atoms with Gasteiger partial charge in [0.25, 0.3) is 0 Å². The topological polar surface area (TPSA) is 83.0 Å². The van der Waals surface area contributed by atoms with Crippen LogP contribution < -0.4 is 10.6 Å². The molecule has 6 heteroatoms. The van der Waals surface area contributed by atoms with Crippen molar-refractivity contribution in [2.75, 3.05) is 10.6 Å². The predicted molar refractivity (Wildman–Crippen MR) is 105 cm³/mol. The van der Waals surface area contributed by atoms with E-state index in [1.54, 1.807) is 6.20 Å². The molecule has 0 bridgehead atoms. The van der Waals surface area contributed by atoms with Gasteiger partial charge in [-0.05, 0) is 51.2 Å². The first-order chi connectivity index (χ1) is 12.7. The van der Waals surface area contributed by atoms with Crippen LogP contribution in [0.25, 0.3) is 11.3 Å². The van der Waals surface area contributed by atoms with Crippen molar-refractivity contribution < 1.29 is 5.11 Å². The van der Waals surface area contributed by atoms with Crippen molar-refractivity contribution >= 4 is 11.8 Å². The Labute approximate surface area is 155 Å². The van der Waals surface area contributed by atoms with E-state index in [-0.39, 0.29) is 6.10 Å². The Kier molecular flexibility index (Phi) is 6.39. The van der Waals surface area contributed by atoms with Crippen LogP contribution in [-0.4, -0.2) is 38.2 Å². The van der Waals surface area contributed by atoms with E-state index < -0.39 is 0 Å². The second-order valence-corrected chi connectivity index (χ2v) is 7.15. The van der Waals surface area contributed by atoms with Crippen molar-refractivity contribution in [3.8, 4) is 11.3 Å². The summed E-state index contributed by atoms with van der Waals surface area (Å²) < 4.78 is 0. The molecule has 1 aliphatic rings. The molecule has 0 aliphatic heterocycles. The van der Waals surface area contributed by atoms with Crippen molar-refractivity contribution in [1.82, 2.24) is 15.0 Å². The van der Waals surface area contributed by atoms with Crippen molar-refractivity contribution in [3.63, 3.8) is 0 Å². The number of nitrogens with one attached hydrogen (secondary N) is 2. The molecule has 2 aromatic rings. The highest BCUT2D eigenvalue weighted by molar-refractivity contribution is 5.72. The van der Waals surface area contributed by atoms with Gasteiger partial charge in [0.2, 0.25) is 5.95 Å². The summed E-state index contributed by atoms with van der Waals surface area (Å²) in [5.41, 5.74) is 1.77. The Morgan fingerprint density at radius 2 is 2.00 bits per heavy atom. The normalized spacial score (nSPS) is 21.2. The second kappa shape index (κ2) is 8.94. The molecule has 2 aromatic heterocycles. The first-order valence-corrected chi connectivity index (χ1v) is 9.65. The molecule has 1 fully saturated rings. The number of pyridine rings is 1. The lowest BCUT2D eigenvalue weighted by Gasteiger charge is -2.27. The van der Waals surface area contributed by atoms with E-state index in [0.717, 1.165) is 55.6 Å². The number of hydrogen-bond acceptors (Lipinski definition) is 6. The first-order valence-electron chi connectivity index (χ1n) is 9.65. The van der Waals surface area contributed by atoms with E-state index in [2.05, 4.69) is 34.4 Å². The molecule has 3 rings (SSSR count). The average molecular weight is 355 g/mol. The summed E-state index contributed by atoms with van der Waals surface area (Å²) >= 11 is 0. The lowest BCUT2D eigenvalue weighted by atomic mass is 9.93. The van der Waals surface area contributed by atoms with Crippen LogP contribution in [0.15, 0.2) is 30.6 Å². The molecule has 140 valence electrons. The molecule has 1 saturated carbocycles. The van der Waals surface area contributed by atoms with E-state index in [1.807, 2.05) is 24.4 Å². The highest BCUT2D eigenvalue weighted by atomic mass is 16.3. The Morgan fingerprint density at radius 1 is 1.19 bits per heavy atom. The fourth-order valence-electron chi connectivity index (χ4n) is 3.41. The Balaban J connectivity index is 1.83. The summed E-state index contributed by atoms with van der Waals surface area (Å²) in [4.78, 5) is 13.7. The zero-order valence-electron chi connectivity index (χ0n) is 15.7. The molecule has 1 aliphatic carbocycles. The maximum absolute atomic E-state index is 9.75. The first kappa shape index (κ1) is 18.6. The molecular weight excluding hydrogens is 326 g/mol. The molecule has 6 nitrogen and oxygen atoms in total. The number of hydrogen-bond donors (Lipinski definition) is 3. The number of aliphatic hydroxyl groups is 1. The largest absolute Gasteiger partial charge is 0.393 e. The van der Waals surface area contributed by atoms with Crippen molar-refractivity contribution in [1.29, 1.82) is 0 Å². The maximum atomic E-state index is 9.75. The number of nitrogens with zero attached hydrogens (tertiary/aromatic N) is 3.